The summed E-state index contributed by atoms with van der Waals surface area (Å²) in [7, 11) is 1.62. The van der Waals surface area contributed by atoms with Gasteiger partial charge in [-0.25, -0.2) is 0 Å². The Morgan fingerprint density at radius 1 is 0.852 bits per heavy atom. The Labute approximate surface area is 162 Å². The molecular formula is C22H26BN2O2. The fourth-order valence-electron chi connectivity index (χ4n) is 2.08. The molecule has 2 aromatic carbocycles. The molecule has 2 aromatic rings. The van der Waals surface area contributed by atoms with Crippen molar-refractivity contribution in [3.63, 3.8) is 0 Å². The zero-order valence-electron chi connectivity index (χ0n) is 16.3. The molecule has 0 unspecified atom stereocenters. The topological polar surface area (TPSA) is 77.2 Å². The molecule has 3 N–H and O–H groups in total. The monoisotopic (exact) mass is 361 g/mol. The lowest BCUT2D eigenvalue weighted by molar-refractivity contribution is -0.0893. The van der Waals surface area contributed by atoms with Crippen molar-refractivity contribution in [2.75, 3.05) is 0 Å². The van der Waals surface area contributed by atoms with E-state index in [9.17, 15) is 5.11 Å². The van der Waals surface area contributed by atoms with E-state index in [1.165, 1.54) is 0 Å². The van der Waals surface area contributed by atoms with Crippen LogP contribution in [0.3, 0.4) is 0 Å². The normalized spacial score (nSPS) is 12.2. The maximum atomic E-state index is 10.1. The molecule has 2 rings (SSSR count). The van der Waals surface area contributed by atoms with E-state index in [4.69, 9.17) is 15.5 Å². The van der Waals surface area contributed by atoms with Gasteiger partial charge in [-0.1, -0.05) is 60.1 Å². The summed E-state index contributed by atoms with van der Waals surface area (Å²) >= 11 is 0. The van der Waals surface area contributed by atoms with Crippen LogP contribution in [0.1, 0.15) is 38.8 Å². The Balaban J connectivity index is 1.97. The van der Waals surface area contributed by atoms with Crippen molar-refractivity contribution in [1.29, 1.82) is 10.8 Å². The highest BCUT2D eigenvalue weighted by Crippen LogP contribution is 2.24. The van der Waals surface area contributed by atoms with Gasteiger partial charge in [0.05, 0.1) is 22.6 Å². The lowest BCUT2D eigenvalue weighted by Gasteiger charge is -2.37. The molecule has 0 spiro atoms. The van der Waals surface area contributed by atoms with Crippen LogP contribution >= 0.6 is 0 Å². The second-order valence-electron chi connectivity index (χ2n) is 7.45. The van der Waals surface area contributed by atoms with E-state index < -0.39 is 11.2 Å². The fraction of sp³-hybridized carbons (Fsp3) is 0.273. The predicted octanol–water partition coefficient (Wildman–Crippen LogP) is 3.49. The summed E-state index contributed by atoms with van der Waals surface area (Å²) in [6.45, 7) is 7.09. The molecule has 4 nitrogen and oxygen atoms in total. The number of benzene rings is 2. The Bertz CT molecular complexity index is 820. The minimum Gasteiger partial charge on any atom is -0.427 e. The van der Waals surface area contributed by atoms with Gasteiger partial charge in [0.15, 0.2) is 0 Å². The maximum Gasteiger partial charge on any atom is 0.330 e. The number of allylic oxidation sites excluding steroid dienone is 2. The predicted molar refractivity (Wildman–Crippen MR) is 113 cm³/mol. The van der Waals surface area contributed by atoms with Gasteiger partial charge in [0.1, 0.15) is 0 Å². The van der Waals surface area contributed by atoms with Gasteiger partial charge >= 0.3 is 7.48 Å². The minimum atomic E-state index is -0.973. The number of hydrogen-bond donors (Lipinski definition) is 3. The molecule has 5 heteroatoms. The van der Waals surface area contributed by atoms with E-state index in [1.807, 2.05) is 68.4 Å². The Hall–Kier alpha value is -2.50. The number of rotatable bonds is 8. The van der Waals surface area contributed by atoms with Gasteiger partial charge in [-0.05, 0) is 51.0 Å². The Kier molecular flexibility index (Phi) is 6.52. The molecule has 0 saturated carbocycles. The van der Waals surface area contributed by atoms with Gasteiger partial charge < -0.3 is 20.6 Å². The zero-order chi connectivity index (χ0) is 20.1. The average molecular weight is 361 g/mol. The van der Waals surface area contributed by atoms with Gasteiger partial charge in [0, 0.05) is 0 Å². The zero-order valence-corrected chi connectivity index (χ0v) is 16.3. The molecule has 139 valence electrons. The highest BCUT2D eigenvalue weighted by Gasteiger charge is 2.35. The van der Waals surface area contributed by atoms with Crippen LogP contribution in [0.15, 0.2) is 66.7 Å². The molecule has 0 heterocycles. The second-order valence-corrected chi connectivity index (χ2v) is 7.45. The highest BCUT2D eigenvalue weighted by molar-refractivity contribution is 6.47. The van der Waals surface area contributed by atoms with Gasteiger partial charge in [0.2, 0.25) is 0 Å². The van der Waals surface area contributed by atoms with Gasteiger partial charge in [-0.2, -0.15) is 0 Å². The van der Waals surface area contributed by atoms with E-state index in [-0.39, 0.29) is 0 Å². The summed E-state index contributed by atoms with van der Waals surface area (Å²) in [6.07, 6.45) is 3.26. The third-order valence-electron chi connectivity index (χ3n) is 4.69. The summed E-state index contributed by atoms with van der Waals surface area (Å²) in [5.41, 5.74) is 1.43. The number of aliphatic hydroxyl groups is 1. The van der Waals surface area contributed by atoms with Crippen LogP contribution < -0.4 is 5.46 Å². The van der Waals surface area contributed by atoms with Crippen LogP contribution in [-0.2, 0) is 4.65 Å². The molecule has 0 aromatic heterocycles. The van der Waals surface area contributed by atoms with Crippen molar-refractivity contribution in [1.82, 2.24) is 0 Å². The molecule has 0 fully saturated rings. The first-order chi connectivity index (χ1) is 12.6. The van der Waals surface area contributed by atoms with Crippen LogP contribution in [0.2, 0.25) is 0 Å². The second kappa shape index (κ2) is 8.46. The molecule has 27 heavy (non-hydrogen) atoms. The largest absolute Gasteiger partial charge is 0.427 e. The molecule has 0 aliphatic heterocycles. The molecule has 0 aliphatic carbocycles. The van der Waals surface area contributed by atoms with E-state index in [0.717, 1.165) is 16.6 Å². The third-order valence-corrected chi connectivity index (χ3v) is 4.69. The Morgan fingerprint density at radius 3 is 1.81 bits per heavy atom. The summed E-state index contributed by atoms with van der Waals surface area (Å²) in [4.78, 5) is 0. The van der Waals surface area contributed by atoms with Gasteiger partial charge in [0.25, 0.3) is 0 Å². The number of hydrogen-bond acceptors (Lipinski definition) is 4. The van der Waals surface area contributed by atoms with Crippen molar-refractivity contribution >= 4 is 24.4 Å². The first kappa shape index (κ1) is 20.8. The van der Waals surface area contributed by atoms with Crippen LogP contribution in [0, 0.1) is 10.8 Å². The molecule has 0 amide bonds. The van der Waals surface area contributed by atoms with Crippen LogP contribution in [0.5, 0.6) is 0 Å². The quantitative estimate of drug-likeness (QED) is 0.497. The molecule has 0 aliphatic rings. The van der Waals surface area contributed by atoms with Crippen LogP contribution in [0.4, 0.5) is 0 Å². The Morgan fingerprint density at radius 2 is 1.33 bits per heavy atom. The SMILES string of the molecule is CC(C)(O)C(C)(C)O[B]c1ccc(C(=N)/C=C\C(=N)c2ccccc2)cc1. The highest BCUT2D eigenvalue weighted by atomic mass is 16.5. The molecule has 0 bridgehead atoms. The van der Waals surface area contributed by atoms with Crippen LogP contribution in [0.25, 0.3) is 0 Å². The van der Waals surface area contributed by atoms with E-state index in [1.54, 1.807) is 33.5 Å². The fourth-order valence-corrected chi connectivity index (χ4v) is 2.08. The van der Waals surface area contributed by atoms with Crippen molar-refractivity contribution < 1.29 is 9.76 Å². The summed E-state index contributed by atoms with van der Waals surface area (Å²) < 4.78 is 5.74. The van der Waals surface area contributed by atoms with E-state index >= 15 is 0 Å². The maximum absolute atomic E-state index is 10.1. The van der Waals surface area contributed by atoms with Crippen molar-refractivity contribution in [2.24, 2.45) is 0 Å². The molecule has 1 radical (unpaired) electrons. The van der Waals surface area contributed by atoms with Gasteiger partial charge in [-0.3, -0.25) is 0 Å². The molecule has 0 saturated heterocycles. The molecular weight excluding hydrogens is 335 g/mol. The lowest BCUT2D eigenvalue weighted by Crippen LogP contribution is -2.49. The summed E-state index contributed by atoms with van der Waals surface area (Å²) in [5.74, 6) is 0. The van der Waals surface area contributed by atoms with E-state index in [2.05, 4.69) is 0 Å². The summed E-state index contributed by atoms with van der Waals surface area (Å²) in [6, 6.07) is 16.8. The standard InChI is InChI=1S/C22H26BN2O2/c1-21(2,26)22(3,4)27-23-18-12-10-17(11-13-18)20(25)15-14-19(24)16-8-6-5-7-9-16/h5-15,24-26H,1-4H3/b15-14-,24-19?,25-20?. The third kappa shape index (κ3) is 5.74. The minimum absolute atomic E-state index is 0.333. The molecule has 0 atom stereocenters. The van der Waals surface area contributed by atoms with Gasteiger partial charge in [-0.15, -0.1) is 0 Å². The first-order valence-electron chi connectivity index (χ1n) is 8.84. The van der Waals surface area contributed by atoms with Crippen molar-refractivity contribution in [3.8, 4) is 0 Å². The smallest absolute Gasteiger partial charge is 0.330 e. The first-order valence-corrected chi connectivity index (χ1v) is 8.84. The van der Waals surface area contributed by atoms with Crippen LogP contribution in [-0.4, -0.2) is 35.2 Å². The lowest BCUT2D eigenvalue weighted by atomic mass is 9.82. The average Bonchev–Trinajstić information content (AvgIpc) is 2.64. The van der Waals surface area contributed by atoms with Crippen molar-refractivity contribution in [2.45, 2.75) is 38.9 Å². The summed E-state index contributed by atoms with van der Waals surface area (Å²) in [5, 5.41) is 26.4. The van der Waals surface area contributed by atoms with Crippen molar-refractivity contribution in [3.05, 3.63) is 77.9 Å². The van der Waals surface area contributed by atoms with E-state index in [0.29, 0.717) is 11.4 Å². The number of nitrogens with one attached hydrogen (secondary N) is 2.